The van der Waals surface area contributed by atoms with Crippen molar-refractivity contribution >= 4 is 23.3 Å². The van der Waals surface area contributed by atoms with Crippen LogP contribution in [0.2, 0.25) is 0 Å². The van der Waals surface area contributed by atoms with Crippen LogP contribution in [0.5, 0.6) is 0 Å². The lowest BCUT2D eigenvalue weighted by atomic mass is 10.1. The molecule has 0 aromatic heterocycles. The summed E-state index contributed by atoms with van der Waals surface area (Å²) in [4.78, 5) is 3.30. The van der Waals surface area contributed by atoms with E-state index in [1.54, 1.807) is 11.8 Å². The van der Waals surface area contributed by atoms with Crippen LogP contribution in [0.25, 0.3) is 0 Å². The van der Waals surface area contributed by atoms with Crippen molar-refractivity contribution in [2.45, 2.75) is 18.4 Å². The van der Waals surface area contributed by atoms with E-state index in [4.69, 9.17) is 11.1 Å². The van der Waals surface area contributed by atoms with Crippen LogP contribution in [-0.2, 0) is 6.54 Å². The van der Waals surface area contributed by atoms with Crippen LogP contribution in [0.1, 0.15) is 18.1 Å². The van der Waals surface area contributed by atoms with Crippen molar-refractivity contribution in [2.75, 3.05) is 17.7 Å². The van der Waals surface area contributed by atoms with Crippen molar-refractivity contribution < 1.29 is 0 Å². The van der Waals surface area contributed by atoms with Gasteiger partial charge in [0.25, 0.3) is 0 Å². The van der Waals surface area contributed by atoms with Crippen LogP contribution in [0.4, 0.5) is 5.69 Å². The topological polar surface area (TPSA) is 53.1 Å². The molecule has 0 aliphatic rings. The molecule has 0 radical (unpaired) electrons. The van der Waals surface area contributed by atoms with Crippen LogP contribution in [0.3, 0.4) is 0 Å². The van der Waals surface area contributed by atoms with Gasteiger partial charge in [-0.1, -0.05) is 36.4 Å². The molecule has 0 bridgehead atoms. The minimum atomic E-state index is 0.126. The van der Waals surface area contributed by atoms with Crippen molar-refractivity contribution in [2.24, 2.45) is 5.73 Å². The molecule has 2 rings (SSSR count). The lowest BCUT2D eigenvalue weighted by Crippen LogP contribution is -2.26. The van der Waals surface area contributed by atoms with E-state index in [1.807, 2.05) is 42.7 Å². The molecule has 0 saturated carbocycles. The fourth-order valence-corrected chi connectivity index (χ4v) is 3.03. The van der Waals surface area contributed by atoms with E-state index >= 15 is 0 Å². The van der Waals surface area contributed by atoms with Crippen LogP contribution in [0.15, 0.2) is 53.4 Å². The van der Waals surface area contributed by atoms with E-state index in [-0.39, 0.29) is 5.84 Å². The molecule has 2 aromatic rings. The predicted octanol–water partition coefficient (Wildman–Crippen LogP) is 3.72. The van der Waals surface area contributed by atoms with E-state index < -0.39 is 0 Å². The number of nitrogen functional groups attached to an aromatic ring is 1. The predicted molar refractivity (Wildman–Crippen MR) is 92.4 cm³/mol. The van der Waals surface area contributed by atoms with Gasteiger partial charge in [-0.15, -0.1) is 11.8 Å². The molecular weight excluding hydrogens is 278 g/mol. The molecule has 3 nitrogen and oxygen atoms in total. The summed E-state index contributed by atoms with van der Waals surface area (Å²) >= 11 is 1.62. The van der Waals surface area contributed by atoms with Gasteiger partial charge in [-0.3, -0.25) is 5.41 Å². The van der Waals surface area contributed by atoms with Crippen molar-refractivity contribution in [3.05, 3.63) is 59.7 Å². The van der Waals surface area contributed by atoms with E-state index in [0.29, 0.717) is 0 Å². The number of benzene rings is 2. The summed E-state index contributed by atoms with van der Waals surface area (Å²) in [5, 5.41) is 7.91. The monoisotopic (exact) mass is 299 g/mol. The van der Waals surface area contributed by atoms with Gasteiger partial charge in [-0.25, -0.2) is 0 Å². The fourth-order valence-electron chi connectivity index (χ4n) is 2.40. The van der Waals surface area contributed by atoms with Crippen molar-refractivity contribution in [1.29, 1.82) is 5.41 Å². The highest BCUT2D eigenvalue weighted by Crippen LogP contribution is 2.30. The molecule has 3 N–H and O–H groups in total. The average Bonchev–Trinajstić information content (AvgIpc) is 2.52. The second-order valence-corrected chi connectivity index (χ2v) is 5.62. The Morgan fingerprint density at radius 1 is 1.14 bits per heavy atom. The Bertz CT molecular complexity index is 611. The third-order valence-corrected chi connectivity index (χ3v) is 4.21. The normalized spacial score (nSPS) is 10.4. The summed E-state index contributed by atoms with van der Waals surface area (Å²) in [5.41, 5.74) is 8.94. The van der Waals surface area contributed by atoms with Crippen LogP contribution >= 0.6 is 11.8 Å². The lowest BCUT2D eigenvalue weighted by Gasteiger charge is -2.26. The first-order chi connectivity index (χ1) is 10.2. The van der Waals surface area contributed by atoms with Crippen molar-refractivity contribution in [1.82, 2.24) is 0 Å². The van der Waals surface area contributed by atoms with E-state index in [2.05, 4.69) is 24.0 Å². The van der Waals surface area contributed by atoms with Gasteiger partial charge in [0.1, 0.15) is 5.84 Å². The maximum atomic E-state index is 7.91. The molecule has 0 amide bonds. The number of hydrogen-bond acceptors (Lipinski definition) is 3. The van der Waals surface area contributed by atoms with Gasteiger partial charge in [0, 0.05) is 23.7 Å². The highest BCUT2D eigenvalue weighted by Gasteiger charge is 2.15. The number of thioether (sulfide) groups is 1. The first-order valence-electron chi connectivity index (χ1n) is 6.97. The molecule has 0 unspecified atom stereocenters. The molecule has 0 aliphatic heterocycles. The van der Waals surface area contributed by atoms with Gasteiger partial charge in [0.15, 0.2) is 0 Å². The maximum Gasteiger partial charge on any atom is 0.126 e. The summed E-state index contributed by atoms with van der Waals surface area (Å²) in [6.45, 7) is 3.81. The number of amidine groups is 1. The Morgan fingerprint density at radius 3 is 2.43 bits per heavy atom. The zero-order valence-corrected chi connectivity index (χ0v) is 13.3. The fraction of sp³-hybridized carbons (Fsp3) is 0.235. The largest absolute Gasteiger partial charge is 0.384 e. The van der Waals surface area contributed by atoms with Gasteiger partial charge in [0.2, 0.25) is 0 Å². The molecule has 21 heavy (non-hydrogen) atoms. The quantitative estimate of drug-likeness (QED) is 0.485. The second kappa shape index (κ2) is 7.18. The van der Waals surface area contributed by atoms with Gasteiger partial charge in [0.05, 0.1) is 5.56 Å². The maximum absolute atomic E-state index is 7.91. The van der Waals surface area contributed by atoms with E-state index in [9.17, 15) is 0 Å². The minimum absolute atomic E-state index is 0.126. The Morgan fingerprint density at radius 2 is 1.86 bits per heavy atom. The summed E-state index contributed by atoms with van der Waals surface area (Å²) in [5.74, 6) is 0.126. The Hall–Kier alpha value is -1.94. The number of nitrogens with two attached hydrogens (primary N) is 1. The Labute approximate surface area is 130 Å². The summed E-state index contributed by atoms with van der Waals surface area (Å²) in [6.07, 6.45) is 2.01. The first-order valence-corrected chi connectivity index (χ1v) is 8.20. The third-order valence-electron chi connectivity index (χ3n) is 3.43. The highest BCUT2D eigenvalue weighted by atomic mass is 32.2. The molecule has 0 fully saturated rings. The number of hydrogen-bond donors (Lipinski definition) is 2. The van der Waals surface area contributed by atoms with E-state index in [0.717, 1.165) is 29.2 Å². The van der Waals surface area contributed by atoms with Crippen LogP contribution in [-0.4, -0.2) is 18.6 Å². The van der Waals surface area contributed by atoms with E-state index in [1.165, 1.54) is 5.56 Å². The molecule has 0 heterocycles. The highest BCUT2D eigenvalue weighted by molar-refractivity contribution is 7.98. The van der Waals surface area contributed by atoms with Crippen LogP contribution < -0.4 is 10.6 Å². The Balaban J connectivity index is 2.40. The minimum Gasteiger partial charge on any atom is -0.384 e. The Kier molecular flexibility index (Phi) is 5.28. The standard InChI is InChI=1S/C17H21N3S/c1-3-20(12-13-8-5-4-6-9-13)14-10-7-11-15(21-2)16(14)17(18)19/h4-11H,3,12H2,1-2H3,(H3,18,19). The molecular formula is C17H21N3S. The summed E-state index contributed by atoms with van der Waals surface area (Å²) in [7, 11) is 0. The SMILES string of the molecule is CCN(Cc1ccccc1)c1cccc(SC)c1C(=N)N. The lowest BCUT2D eigenvalue weighted by molar-refractivity contribution is 0.828. The molecule has 0 saturated heterocycles. The van der Waals surface area contributed by atoms with Gasteiger partial charge >= 0.3 is 0 Å². The average molecular weight is 299 g/mol. The number of rotatable bonds is 6. The van der Waals surface area contributed by atoms with Gasteiger partial charge in [-0.05, 0) is 30.9 Å². The number of anilines is 1. The molecule has 4 heteroatoms. The van der Waals surface area contributed by atoms with Crippen molar-refractivity contribution in [3.8, 4) is 0 Å². The molecule has 0 spiro atoms. The van der Waals surface area contributed by atoms with Gasteiger partial charge in [-0.2, -0.15) is 0 Å². The zero-order chi connectivity index (χ0) is 15.2. The molecule has 0 aliphatic carbocycles. The molecule has 0 atom stereocenters. The molecule has 110 valence electrons. The second-order valence-electron chi connectivity index (χ2n) is 4.77. The first kappa shape index (κ1) is 15.4. The number of nitrogens with zero attached hydrogens (tertiary/aromatic N) is 1. The number of nitrogens with one attached hydrogen (secondary N) is 1. The molecule has 2 aromatic carbocycles. The smallest absolute Gasteiger partial charge is 0.126 e. The van der Waals surface area contributed by atoms with Crippen molar-refractivity contribution in [3.63, 3.8) is 0 Å². The van der Waals surface area contributed by atoms with Gasteiger partial charge < -0.3 is 10.6 Å². The zero-order valence-electron chi connectivity index (χ0n) is 12.5. The summed E-state index contributed by atoms with van der Waals surface area (Å²) in [6, 6.07) is 16.4. The van der Waals surface area contributed by atoms with Crippen LogP contribution in [0, 0.1) is 5.41 Å². The third kappa shape index (κ3) is 3.58. The summed E-state index contributed by atoms with van der Waals surface area (Å²) < 4.78 is 0.